The molecular weight excluding hydrogens is 571 g/mol. The van der Waals surface area contributed by atoms with Crippen LogP contribution in [0.3, 0.4) is 0 Å². The predicted octanol–water partition coefficient (Wildman–Crippen LogP) is 7.11. The minimum Gasteiger partial charge on any atom is -0.487 e. The normalized spacial score (nSPS) is 14.2. The molecule has 0 fully saturated rings. The third-order valence-electron chi connectivity index (χ3n) is 5.23. The van der Waals surface area contributed by atoms with E-state index in [9.17, 15) is 22.0 Å². The van der Waals surface area contributed by atoms with Crippen molar-refractivity contribution in [2.24, 2.45) is 4.99 Å². The first-order valence-corrected chi connectivity index (χ1v) is 15.2. The Morgan fingerprint density at radius 2 is 1.85 bits per heavy atom. The van der Waals surface area contributed by atoms with Gasteiger partial charge in [-0.15, -0.1) is 0 Å². The van der Waals surface area contributed by atoms with Crippen LogP contribution in [0, 0.1) is 0 Å². The Balaban J connectivity index is 0.00000199. The van der Waals surface area contributed by atoms with E-state index in [2.05, 4.69) is 32.7 Å². The molecule has 0 aliphatic carbocycles. The van der Waals surface area contributed by atoms with Gasteiger partial charge in [0.25, 0.3) is 6.43 Å². The lowest BCUT2D eigenvalue weighted by Gasteiger charge is -2.31. The Bertz CT molecular complexity index is 1100. The summed E-state index contributed by atoms with van der Waals surface area (Å²) in [7, 11) is 1.08. The van der Waals surface area contributed by atoms with Crippen LogP contribution in [0.2, 0.25) is 0 Å². The zero-order valence-electron chi connectivity index (χ0n) is 24.4. The molecular formula is C26H41F5N6OS2. The number of nitrogens with zero attached hydrogens (tertiary/aromatic N) is 6. The summed E-state index contributed by atoms with van der Waals surface area (Å²) in [5.74, 6) is 0.168. The lowest BCUT2D eigenvalue weighted by atomic mass is 10.0. The zero-order valence-corrected chi connectivity index (χ0v) is 26.1. The summed E-state index contributed by atoms with van der Waals surface area (Å²) in [5.41, 5.74) is 1.42. The summed E-state index contributed by atoms with van der Waals surface area (Å²) in [6, 6.07) is 0. The van der Waals surface area contributed by atoms with Gasteiger partial charge in [-0.1, -0.05) is 26.3 Å². The largest absolute Gasteiger partial charge is 0.487 e. The molecule has 0 radical (unpaired) electrons. The second kappa shape index (κ2) is 19.7. The van der Waals surface area contributed by atoms with Gasteiger partial charge in [0.1, 0.15) is 30.2 Å². The highest BCUT2D eigenvalue weighted by Crippen LogP contribution is 2.27. The molecule has 0 aromatic carbocycles. The van der Waals surface area contributed by atoms with E-state index < -0.39 is 24.9 Å². The average Bonchev–Trinajstić information content (AvgIpc) is 3.31. The van der Waals surface area contributed by atoms with E-state index in [1.807, 2.05) is 38.2 Å². The number of fused-ring (bicyclic) bond motifs is 1. The van der Waals surface area contributed by atoms with Crippen LogP contribution in [0.1, 0.15) is 40.5 Å². The molecule has 0 saturated carbocycles. The number of thiol groups is 1. The lowest BCUT2D eigenvalue weighted by molar-refractivity contribution is -0.0606. The number of aromatic nitrogens is 4. The van der Waals surface area contributed by atoms with Crippen LogP contribution in [0.5, 0.6) is 0 Å². The van der Waals surface area contributed by atoms with Gasteiger partial charge in [0.05, 0.1) is 12.4 Å². The summed E-state index contributed by atoms with van der Waals surface area (Å²) >= 11 is 5.28. The molecule has 2 aromatic rings. The molecule has 3 rings (SSSR count). The number of allylic oxidation sites excluding steroid dienone is 2. The number of thioether (sulfide) groups is 1. The zero-order chi connectivity index (χ0) is 30.9. The van der Waals surface area contributed by atoms with Gasteiger partial charge in [-0.3, -0.25) is 4.99 Å². The van der Waals surface area contributed by atoms with Gasteiger partial charge >= 0.3 is 6.18 Å². The molecule has 0 amide bonds. The molecule has 0 N–H and O–H groups in total. The maximum Gasteiger partial charge on any atom is 0.436 e. The molecule has 228 valence electrons. The Morgan fingerprint density at radius 3 is 2.38 bits per heavy atom. The van der Waals surface area contributed by atoms with E-state index in [1.165, 1.54) is 18.5 Å². The molecule has 1 aliphatic rings. The maximum absolute atomic E-state index is 13.3. The van der Waals surface area contributed by atoms with Crippen molar-refractivity contribution >= 4 is 47.1 Å². The molecule has 1 aliphatic heterocycles. The van der Waals surface area contributed by atoms with E-state index >= 15 is 0 Å². The fraction of sp³-hybridized carbons (Fsp3) is 0.615. The molecule has 0 bridgehead atoms. The third-order valence-corrected chi connectivity index (χ3v) is 5.23. The van der Waals surface area contributed by atoms with Crippen molar-refractivity contribution in [2.75, 3.05) is 50.4 Å². The number of ether oxygens (including phenoxy) is 1. The number of halogens is 5. The van der Waals surface area contributed by atoms with Crippen LogP contribution < -0.4 is 4.90 Å². The number of aliphatic imine (C=N–C) groups is 1. The maximum atomic E-state index is 13.3. The van der Waals surface area contributed by atoms with Gasteiger partial charge in [-0.05, 0) is 50.2 Å². The highest BCUT2D eigenvalue weighted by Gasteiger charge is 2.38. The monoisotopic (exact) mass is 612 g/mol. The summed E-state index contributed by atoms with van der Waals surface area (Å²) in [4.78, 5) is 14.0. The second-order valence-corrected chi connectivity index (χ2v) is 8.77. The van der Waals surface area contributed by atoms with Crippen molar-refractivity contribution < 1.29 is 26.7 Å². The van der Waals surface area contributed by atoms with Crippen LogP contribution in [0.25, 0.3) is 11.2 Å². The van der Waals surface area contributed by atoms with Crippen molar-refractivity contribution in [3.63, 3.8) is 0 Å². The number of rotatable bonds is 8. The van der Waals surface area contributed by atoms with E-state index in [1.54, 1.807) is 24.9 Å². The third kappa shape index (κ3) is 11.6. The van der Waals surface area contributed by atoms with E-state index in [0.717, 1.165) is 22.9 Å². The predicted molar refractivity (Wildman–Crippen MR) is 160 cm³/mol. The second-order valence-electron chi connectivity index (χ2n) is 7.95. The minimum atomic E-state index is -4.62. The SMILES string of the molecule is CC.CC/C=C(/OCC1=C(C)CCN(c2cnc3cnn(CC(F)F)c3n2)C1)C(=NC)C(F)(F)F.CS.CSC. The van der Waals surface area contributed by atoms with Gasteiger partial charge in [-0.2, -0.15) is 42.7 Å². The Morgan fingerprint density at radius 1 is 1.23 bits per heavy atom. The fourth-order valence-electron chi connectivity index (χ4n) is 3.50. The van der Waals surface area contributed by atoms with Gasteiger partial charge in [0.2, 0.25) is 0 Å². The quantitative estimate of drug-likeness (QED) is 0.113. The Hall–Kier alpha value is -2.35. The first-order chi connectivity index (χ1) is 19.0. The van der Waals surface area contributed by atoms with Crippen LogP contribution in [-0.4, -0.2) is 83.6 Å². The first-order valence-electron chi connectivity index (χ1n) is 12.7. The number of anilines is 1. The molecule has 7 nitrogen and oxygen atoms in total. The van der Waals surface area contributed by atoms with E-state index in [0.29, 0.717) is 37.3 Å². The van der Waals surface area contributed by atoms with Crippen LogP contribution in [-0.2, 0) is 11.3 Å². The Labute approximate surface area is 243 Å². The molecule has 0 saturated heterocycles. The summed E-state index contributed by atoms with van der Waals surface area (Å²) in [5, 5.41) is 3.91. The highest BCUT2D eigenvalue weighted by molar-refractivity contribution is 7.97. The summed E-state index contributed by atoms with van der Waals surface area (Å²) in [6.45, 7) is 7.95. The van der Waals surface area contributed by atoms with Gasteiger partial charge in [0, 0.05) is 20.1 Å². The minimum absolute atomic E-state index is 0.0394. The topological polar surface area (TPSA) is 68.4 Å². The summed E-state index contributed by atoms with van der Waals surface area (Å²) in [6.07, 6.45) is 3.85. The molecule has 0 atom stereocenters. The van der Waals surface area contributed by atoms with E-state index in [-0.39, 0.29) is 18.0 Å². The van der Waals surface area contributed by atoms with Crippen molar-refractivity contribution in [1.29, 1.82) is 0 Å². The number of hydrogen-bond acceptors (Lipinski definition) is 8. The van der Waals surface area contributed by atoms with Gasteiger partial charge < -0.3 is 9.64 Å². The number of alkyl halides is 5. The van der Waals surface area contributed by atoms with Crippen molar-refractivity contribution in [3.8, 4) is 0 Å². The van der Waals surface area contributed by atoms with Crippen molar-refractivity contribution in [3.05, 3.63) is 35.4 Å². The molecule has 3 heterocycles. The van der Waals surface area contributed by atoms with Crippen LogP contribution >= 0.6 is 24.4 Å². The molecule has 0 spiro atoms. The van der Waals surface area contributed by atoms with Crippen LogP contribution in [0.15, 0.2) is 40.4 Å². The van der Waals surface area contributed by atoms with Crippen molar-refractivity contribution in [2.45, 2.75) is 59.7 Å². The van der Waals surface area contributed by atoms with Gasteiger partial charge in [-0.25, -0.2) is 23.4 Å². The smallest absolute Gasteiger partial charge is 0.436 e. The van der Waals surface area contributed by atoms with E-state index in [4.69, 9.17) is 4.74 Å². The molecule has 2 aromatic heterocycles. The van der Waals surface area contributed by atoms with Crippen molar-refractivity contribution in [1.82, 2.24) is 19.7 Å². The highest BCUT2D eigenvalue weighted by atomic mass is 32.2. The number of hydrogen-bond donors (Lipinski definition) is 1. The first kappa shape index (κ1) is 37.6. The fourth-order valence-corrected chi connectivity index (χ4v) is 3.50. The lowest BCUT2D eigenvalue weighted by Crippen LogP contribution is -2.34. The molecule has 14 heteroatoms. The van der Waals surface area contributed by atoms with Gasteiger partial charge in [0.15, 0.2) is 11.4 Å². The van der Waals surface area contributed by atoms with Crippen LogP contribution in [0.4, 0.5) is 27.8 Å². The molecule has 40 heavy (non-hydrogen) atoms. The Kier molecular flexibility index (Phi) is 18.5. The standard InChI is InChI=1S/C21H25F5N6O.C2H6S.C2H6.CH4S/c1-4-5-16(19(27-3)21(24,25)26)33-12-14-10-31(7-6-13(14)2)18-9-28-15-8-29-32(11-17(22)23)20(15)30-18;1-3-2;2*1-2/h5,8-9,17H,4,6-7,10-12H2,1-3H3;1-2H3;1-2H3;2H,1H3/b16-5+,27-19?;;;. The molecule has 0 unspecified atom stereocenters. The average molecular weight is 613 g/mol. The summed E-state index contributed by atoms with van der Waals surface area (Å²) < 4.78 is 72.2.